The van der Waals surface area contributed by atoms with E-state index in [0.717, 1.165) is 25.1 Å². The molecule has 0 radical (unpaired) electrons. The minimum atomic E-state index is 0.131. The van der Waals surface area contributed by atoms with E-state index in [-0.39, 0.29) is 5.54 Å². The molecule has 2 aromatic carbocycles. The summed E-state index contributed by atoms with van der Waals surface area (Å²) in [5.41, 5.74) is 3.70. The number of aromatic amines is 1. The molecule has 3 nitrogen and oxygen atoms in total. The summed E-state index contributed by atoms with van der Waals surface area (Å²) in [5.74, 6) is 1.19. The first-order valence-corrected chi connectivity index (χ1v) is 8.59. The number of aromatic nitrogens is 1. The quantitative estimate of drug-likeness (QED) is 0.701. The highest BCUT2D eigenvalue weighted by Crippen LogP contribution is 2.34. The van der Waals surface area contributed by atoms with Gasteiger partial charge in [-0.05, 0) is 44.0 Å². The third kappa shape index (κ3) is 2.71. The number of benzene rings is 2. The predicted octanol–water partition coefficient (Wildman–Crippen LogP) is 5.27. The fourth-order valence-electron chi connectivity index (χ4n) is 3.54. The van der Waals surface area contributed by atoms with Crippen molar-refractivity contribution in [3.05, 3.63) is 66.4 Å². The van der Waals surface area contributed by atoms with Gasteiger partial charge in [-0.25, -0.2) is 4.99 Å². The summed E-state index contributed by atoms with van der Waals surface area (Å²) in [6, 6.07) is 18.8. The van der Waals surface area contributed by atoms with Gasteiger partial charge in [0.25, 0.3) is 0 Å². The Labute approximate surface area is 143 Å². The summed E-state index contributed by atoms with van der Waals surface area (Å²) in [6.45, 7) is 5.52. The molecule has 3 aromatic rings. The lowest BCUT2D eigenvalue weighted by atomic mass is 10.0. The van der Waals surface area contributed by atoms with Crippen LogP contribution in [0.3, 0.4) is 0 Å². The lowest BCUT2D eigenvalue weighted by Crippen LogP contribution is -2.40. The second kappa shape index (κ2) is 5.82. The van der Waals surface area contributed by atoms with E-state index in [1.807, 2.05) is 18.2 Å². The van der Waals surface area contributed by atoms with Crippen LogP contribution in [0.1, 0.15) is 32.3 Å². The fourth-order valence-corrected chi connectivity index (χ4v) is 3.54. The molecule has 3 heteroatoms. The van der Waals surface area contributed by atoms with Crippen LogP contribution in [0.15, 0.2) is 65.8 Å². The maximum atomic E-state index is 4.93. The number of amidine groups is 1. The van der Waals surface area contributed by atoms with Gasteiger partial charge in [-0.15, -0.1) is 0 Å². The van der Waals surface area contributed by atoms with Gasteiger partial charge in [0, 0.05) is 35.6 Å². The number of likely N-dealkylation sites (tertiary alicyclic amines) is 1. The molecule has 0 unspecified atom stereocenters. The summed E-state index contributed by atoms with van der Waals surface area (Å²) >= 11 is 0. The summed E-state index contributed by atoms with van der Waals surface area (Å²) in [6.07, 6.45) is 4.31. The third-order valence-corrected chi connectivity index (χ3v) is 5.02. The zero-order valence-electron chi connectivity index (χ0n) is 14.3. The second-order valence-electron chi connectivity index (χ2n) is 7.12. The summed E-state index contributed by atoms with van der Waals surface area (Å²) < 4.78 is 0. The molecule has 0 saturated carbocycles. The summed E-state index contributed by atoms with van der Waals surface area (Å²) in [4.78, 5) is 10.8. The van der Waals surface area contributed by atoms with E-state index >= 15 is 0 Å². The first kappa shape index (κ1) is 15.0. The van der Waals surface area contributed by atoms with E-state index in [0.29, 0.717) is 0 Å². The van der Waals surface area contributed by atoms with Crippen LogP contribution in [0.25, 0.3) is 10.9 Å². The minimum absolute atomic E-state index is 0.131. The van der Waals surface area contributed by atoms with Crippen molar-refractivity contribution in [3.8, 4) is 0 Å². The molecule has 0 atom stereocenters. The Morgan fingerprint density at radius 2 is 1.79 bits per heavy atom. The van der Waals surface area contributed by atoms with Gasteiger partial charge in [-0.1, -0.05) is 36.4 Å². The molecule has 0 amide bonds. The van der Waals surface area contributed by atoms with Crippen molar-refractivity contribution in [3.63, 3.8) is 0 Å². The van der Waals surface area contributed by atoms with E-state index in [2.05, 4.69) is 66.3 Å². The number of fused-ring (bicyclic) bond motifs is 1. The molecule has 24 heavy (non-hydrogen) atoms. The molecule has 1 fully saturated rings. The Kier molecular flexibility index (Phi) is 3.64. The molecule has 0 aliphatic carbocycles. The smallest absolute Gasteiger partial charge is 0.106 e. The monoisotopic (exact) mass is 317 g/mol. The average molecular weight is 317 g/mol. The third-order valence-electron chi connectivity index (χ3n) is 5.02. The lowest BCUT2D eigenvalue weighted by molar-refractivity contribution is 0.232. The zero-order valence-corrected chi connectivity index (χ0v) is 14.3. The molecule has 1 N–H and O–H groups in total. The van der Waals surface area contributed by atoms with Crippen molar-refractivity contribution in [2.45, 2.75) is 38.8 Å². The van der Waals surface area contributed by atoms with Gasteiger partial charge in [-0.2, -0.15) is 0 Å². The molecule has 2 heterocycles. The van der Waals surface area contributed by atoms with Gasteiger partial charge in [0.2, 0.25) is 0 Å². The van der Waals surface area contributed by atoms with Crippen LogP contribution in [-0.2, 0) is 6.54 Å². The highest BCUT2D eigenvalue weighted by atomic mass is 15.3. The Bertz CT molecular complexity index is 874. The molecule has 0 spiro atoms. The maximum Gasteiger partial charge on any atom is 0.106 e. The molecular formula is C21H23N3. The molecular weight excluding hydrogens is 294 g/mol. The Hall–Kier alpha value is -2.55. The average Bonchev–Trinajstić information content (AvgIpc) is 3.12. The van der Waals surface area contributed by atoms with Crippen LogP contribution >= 0.6 is 0 Å². The van der Waals surface area contributed by atoms with Crippen LogP contribution in [0.4, 0.5) is 5.69 Å². The minimum Gasteiger partial charge on any atom is -0.361 e. The summed E-state index contributed by atoms with van der Waals surface area (Å²) in [7, 11) is 0. The number of nitrogens with one attached hydrogen (secondary N) is 1. The SMILES string of the molecule is CC1(C)CCC(=Nc2ccccc2)N1Cc1c[nH]c2ccccc12. The molecule has 1 aromatic heterocycles. The Morgan fingerprint density at radius 1 is 1.04 bits per heavy atom. The molecule has 0 bridgehead atoms. The van der Waals surface area contributed by atoms with E-state index in [9.17, 15) is 0 Å². The van der Waals surface area contributed by atoms with Crippen molar-refractivity contribution < 1.29 is 0 Å². The first-order chi connectivity index (χ1) is 11.6. The highest BCUT2D eigenvalue weighted by molar-refractivity contribution is 5.89. The van der Waals surface area contributed by atoms with Crippen LogP contribution < -0.4 is 0 Å². The topological polar surface area (TPSA) is 31.4 Å². The van der Waals surface area contributed by atoms with Gasteiger partial charge in [0.05, 0.1) is 5.69 Å². The molecule has 1 aliphatic rings. The van der Waals surface area contributed by atoms with Gasteiger partial charge >= 0.3 is 0 Å². The largest absolute Gasteiger partial charge is 0.361 e. The molecule has 1 aliphatic heterocycles. The zero-order chi connectivity index (χ0) is 16.6. The lowest BCUT2D eigenvalue weighted by Gasteiger charge is -2.33. The first-order valence-electron chi connectivity index (χ1n) is 8.59. The second-order valence-corrected chi connectivity index (χ2v) is 7.12. The maximum absolute atomic E-state index is 4.93. The van der Waals surface area contributed by atoms with Crippen molar-refractivity contribution in [1.82, 2.24) is 9.88 Å². The standard InChI is InChI=1S/C21H23N3/c1-21(2)13-12-20(23-17-8-4-3-5-9-17)24(21)15-16-14-22-19-11-7-6-10-18(16)19/h3-11,14,22H,12-13,15H2,1-2H3. The fraction of sp³-hybridized carbons (Fsp3) is 0.286. The molecule has 4 rings (SSSR count). The van der Waals surface area contributed by atoms with Crippen molar-refractivity contribution in [2.75, 3.05) is 0 Å². The number of nitrogens with zero attached hydrogens (tertiary/aromatic N) is 2. The van der Waals surface area contributed by atoms with Crippen LogP contribution in [0, 0.1) is 0 Å². The van der Waals surface area contributed by atoms with Crippen LogP contribution in [0.2, 0.25) is 0 Å². The predicted molar refractivity (Wildman–Crippen MR) is 101 cm³/mol. The Morgan fingerprint density at radius 3 is 2.62 bits per heavy atom. The number of rotatable bonds is 3. The van der Waals surface area contributed by atoms with Crippen molar-refractivity contribution >= 4 is 22.4 Å². The summed E-state index contributed by atoms with van der Waals surface area (Å²) in [5, 5.41) is 1.30. The van der Waals surface area contributed by atoms with E-state index in [1.54, 1.807) is 0 Å². The van der Waals surface area contributed by atoms with Crippen LogP contribution in [0.5, 0.6) is 0 Å². The van der Waals surface area contributed by atoms with E-state index in [1.165, 1.54) is 22.3 Å². The highest BCUT2D eigenvalue weighted by Gasteiger charge is 2.36. The van der Waals surface area contributed by atoms with Crippen molar-refractivity contribution in [1.29, 1.82) is 0 Å². The van der Waals surface area contributed by atoms with Crippen LogP contribution in [-0.4, -0.2) is 21.3 Å². The van der Waals surface area contributed by atoms with Gasteiger partial charge in [0.1, 0.15) is 5.84 Å². The van der Waals surface area contributed by atoms with Gasteiger partial charge in [-0.3, -0.25) is 0 Å². The van der Waals surface area contributed by atoms with E-state index in [4.69, 9.17) is 4.99 Å². The number of hydrogen-bond acceptors (Lipinski definition) is 1. The van der Waals surface area contributed by atoms with Gasteiger partial charge in [0.15, 0.2) is 0 Å². The van der Waals surface area contributed by atoms with E-state index < -0.39 is 0 Å². The number of aliphatic imine (C=N–C) groups is 1. The number of para-hydroxylation sites is 2. The van der Waals surface area contributed by atoms with Crippen molar-refractivity contribution in [2.24, 2.45) is 4.99 Å². The number of hydrogen-bond donors (Lipinski definition) is 1. The Balaban J connectivity index is 1.69. The molecule has 122 valence electrons. The molecule has 1 saturated heterocycles. The normalized spacial score (nSPS) is 18.6. The van der Waals surface area contributed by atoms with Gasteiger partial charge < -0.3 is 9.88 Å². The number of H-pyrrole nitrogens is 1.